The van der Waals surface area contributed by atoms with Crippen molar-refractivity contribution in [2.24, 2.45) is 0 Å². The van der Waals surface area contributed by atoms with Crippen molar-refractivity contribution in [3.05, 3.63) is 16.0 Å². The van der Waals surface area contributed by atoms with E-state index in [2.05, 4.69) is 26.1 Å². The molecule has 0 aromatic carbocycles. The predicted molar refractivity (Wildman–Crippen MR) is 41.7 cm³/mol. The van der Waals surface area contributed by atoms with Crippen molar-refractivity contribution in [2.75, 3.05) is 0 Å². The van der Waals surface area contributed by atoms with Crippen LogP contribution in [-0.2, 0) is 0 Å². The highest BCUT2D eigenvalue weighted by Crippen LogP contribution is 2.27. The third kappa shape index (κ3) is 0.784. The van der Waals surface area contributed by atoms with Gasteiger partial charge in [0.25, 0.3) is 0 Å². The van der Waals surface area contributed by atoms with Crippen LogP contribution in [-0.4, -0.2) is 10.2 Å². The van der Waals surface area contributed by atoms with Crippen LogP contribution in [0.3, 0.4) is 0 Å². The number of fused-ring (bicyclic) bond motifs is 1. The fourth-order valence-electron chi connectivity index (χ4n) is 0.718. The molecule has 0 aliphatic rings. The molecule has 2 aromatic heterocycles. The molecule has 0 saturated heterocycles. The number of aromatic amines is 1. The molecule has 0 aliphatic heterocycles. The Bertz CT molecular complexity index is 296. The molecule has 0 spiro atoms. The molecule has 2 aromatic rings. The van der Waals surface area contributed by atoms with Gasteiger partial charge in [0.1, 0.15) is 0 Å². The van der Waals surface area contributed by atoms with E-state index in [0.29, 0.717) is 0 Å². The zero-order chi connectivity index (χ0) is 6.27. The van der Waals surface area contributed by atoms with Gasteiger partial charge in [0.2, 0.25) is 0 Å². The lowest BCUT2D eigenvalue weighted by molar-refractivity contribution is 1.12. The number of hydrogen-bond donors (Lipinski definition) is 1. The molecule has 0 atom stereocenters. The van der Waals surface area contributed by atoms with Gasteiger partial charge >= 0.3 is 0 Å². The van der Waals surface area contributed by atoms with Crippen LogP contribution in [0.25, 0.3) is 10.2 Å². The van der Waals surface area contributed by atoms with Crippen molar-refractivity contribution in [3.8, 4) is 0 Å². The molecular weight excluding hydrogens is 200 g/mol. The highest BCUT2D eigenvalue weighted by atomic mass is 79.9. The van der Waals surface area contributed by atoms with E-state index >= 15 is 0 Å². The summed E-state index contributed by atoms with van der Waals surface area (Å²) in [5.74, 6) is 0. The molecule has 0 bridgehead atoms. The number of hydrogen-bond acceptors (Lipinski definition) is 2. The van der Waals surface area contributed by atoms with Gasteiger partial charge in [-0.05, 0) is 22.0 Å². The molecular formula is C5H3BrN2S. The summed E-state index contributed by atoms with van der Waals surface area (Å²) in [5, 5.41) is 6.74. The normalized spacial score (nSPS) is 10.8. The summed E-state index contributed by atoms with van der Waals surface area (Å²) in [5.41, 5.74) is 1.10. The summed E-state index contributed by atoms with van der Waals surface area (Å²) in [6.45, 7) is 0. The standard InChI is InChI=1S/C5H3BrN2S/c6-5-1-3-4(9-5)2-7-8-3/h1-2H,(H,7,8). The zero-order valence-corrected chi connectivity index (χ0v) is 6.79. The molecule has 0 aliphatic carbocycles. The van der Waals surface area contributed by atoms with E-state index in [1.54, 1.807) is 11.3 Å². The molecule has 2 rings (SSSR count). The Morgan fingerprint density at radius 1 is 1.67 bits per heavy atom. The lowest BCUT2D eigenvalue weighted by Crippen LogP contribution is -1.59. The van der Waals surface area contributed by atoms with Crippen molar-refractivity contribution in [1.82, 2.24) is 10.2 Å². The van der Waals surface area contributed by atoms with E-state index in [9.17, 15) is 0 Å². The van der Waals surface area contributed by atoms with Gasteiger partial charge in [-0.25, -0.2) is 0 Å². The first kappa shape index (κ1) is 5.44. The Labute approximate surface area is 64.0 Å². The number of H-pyrrole nitrogens is 1. The van der Waals surface area contributed by atoms with Crippen LogP contribution in [0, 0.1) is 0 Å². The second-order valence-corrected chi connectivity index (χ2v) is 4.16. The van der Waals surface area contributed by atoms with Gasteiger partial charge < -0.3 is 0 Å². The van der Waals surface area contributed by atoms with Crippen molar-refractivity contribution in [2.45, 2.75) is 0 Å². The predicted octanol–water partition coefficient (Wildman–Crippen LogP) is 2.39. The van der Waals surface area contributed by atoms with Gasteiger partial charge in [-0.2, -0.15) is 5.10 Å². The van der Waals surface area contributed by atoms with E-state index in [-0.39, 0.29) is 0 Å². The van der Waals surface area contributed by atoms with Crippen LogP contribution >= 0.6 is 27.3 Å². The molecule has 1 N–H and O–H groups in total. The zero-order valence-electron chi connectivity index (χ0n) is 4.39. The Balaban J connectivity index is 2.92. The van der Waals surface area contributed by atoms with Crippen molar-refractivity contribution < 1.29 is 0 Å². The lowest BCUT2D eigenvalue weighted by atomic mass is 10.5. The average Bonchev–Trinajstić information content (AvgIpc) is 2.22. The van der Waals surface area contributed by atoms with Crippen molar-refractivity contribution in [1.29, 1.82) is 0 Å². The Morgan fingerprint density at radius 3 is 3.33 bits per heavy atom. The molecule has 0 amide bonds. The number of nitrogens with zero attached hydrogens (tertiary/aromatic N) is 1. The third-order valence-electron chi connectivity index (χ3n) is 1.10. The van der Waals surface area contributed by atoms with Crippen molar-refractivity contribution in [3.63, 3.8) is 0 Å². The minimum atomic E-state index is 1.10. The largest absolute Gasteiger partial charge is 0.277 e. The summed E-state index contributed by atoms with van der Waals surface area (Å²) >= 11 is 5.06. The quantitative estimate of drug-likeness (QED) is 0.699. The van der Waals surface area contributed by atoms with Crippen LogP contribution in [0.4, 0.5) is 0 Å². The molecule has 0 radical (unpaired) electrons. The molecule has 0 fully saturated rings. The number of halogens is 1. The van der Waals surface area contributed by atoms with Gasteiger partial charge in [0.05, 0.1) is 20.2 Å². The van der Waals surface area contributed by atoms with Crippen LogP contribution in [0.2, 0.25) is 0 Å². The molecule has 0 saturated carbocycles. The third-order valence-corrected chi connectivity index (χ3v) is 2.67. The Hall–Kier alpha value is -0.350. The van der Waals surface area contributed by atoms with E-state index in [0.717, 1.165) is 9.30 Å². The maximum absolute atomic E-state index is 3.87. The van der Waals surface area contributed by atoms with E-state index < -0.39 is 0 Å². The highest BCUT2D eigenvalue weighted by molar-refractivity contribution is 9.11. The first-order valence-electron chi connectivity index (χ1n) is 2.45. The first-order valence-corrected chi connectivity index (χ1v) is 4.05. The van der Waals surface area contributed by atoms with Crippen molar-refractivity contribution >= 4 is 37.5 Å². The highest BCUT2D eigenvalue weighted by Gasteiger charge is 1.97. The van der Waals surface area contributed by atoms with Gasteiger partial charge in [-0.15, -0.1) is 11.3 Å². The topological polar surface area (TPSA) is 28.7 Å². The van der Waals surface area contributed by atoms with Crippen LogP contribution in [0.1, 0.15) is 0 Å². The van der Waals surface area contributed by atoms with Crippen LogP contribution in [0.5, 0.6) is 0 Å². The van der Waals surface area contributed by atoms with Gasteiger partial charge in [-0.3, -0.25) is 5.10 Å². The number of rotatable bonds is 0. The number of nitrogens with one attached hydrogen (secondary N) is 1. The summed E-state index contributed by atoms with van der Waals surface area (Å²) in [6, 6.07) is 2.02. The number of thiophene rings is 1. The van der Waals surface area contributed by atoms with Gasteiger partial charge in [-0.1, -0.05) is 0 Å². The maximum Gasteiger partial charge on any atom is 0.0770 e. The van der Waals surface area contributed by atoms with Crippen LogP contribution < -0.4 is 0 Å². The Kier molecular flexibility index (Phi) is 1.10. The molecule has 2 nitrogen and oxygen atoms in total. The summed E-state index contributed by atoms with van der Waals surface area (Å²) in [4.78, 5) is 0. The van der Waals surface area contributed by atoms with E-state index in [1.165, 1.54) is 4.70 Å². The monoisotopic (exact) mass is 202 g/mol. The first-order chi connectivity index (χ1) is 4.36. The molecule has 46 valence electrons. The second-order valence-electron chi connectivity index (χ2n) is 1.70. The lowest BCUT2D eigenvalue weighted by Gasteiger charge is -1.68. The molecule has 2 heterocycles. The fraction of sp³-hybridized carbons (Fsp3) is 0. The van der Waals surface area contributed by atoms with Crippen LogP contribution in [0.15, 0.2) is 16.0 Å². The number of aromatic nitrogens is 2. The average molecular weight is 203 g/mol. The molecule has 0 unspecified atom stereocenters. The SMILES string of the molecule is Brc1cc2[nH]ncc2s1. The van der Waals surface area contributed by atoms with E-state index in [4.69, 9.17) is 0 Å². The smallest absolute Gasteiger partial charge is 0.0770 e. The summed E-state index contributed by atoms with van der Waals surface area (Å²) < 4.78 is 2.34. The minimum Gasteiger partial charge on any atom is -0.277 e. The second kappa shape index (κ2) is 1.82. The van der Waals surface area contributed by atoms with E-state index in [1.807, 2.05) is 12.3 Å². The Morgan fingerprint density at radius 2 is 2.56 bits per heavy atom. The minimum absolute atomic E-state index is 1.10. The maximum atomic E-state index is 3.87. The molecule has 4 heteroatoms. The van der Waals surface area contributed by atoms with Gasteiger partial charge in [0.15, 0.2) is 0 Å². The summed E-state index contributed by atoms with van der Waals surface area (Å²) in [7, 11) is 0. The van der Waals surface area contributed by atoms with Gasteiger partial charge in [0, 0.05) is 0 Å². The summed E-state index contributed by atoms with van der Waals surface area (Å²) in [6.07, 6.45) is 1.82. The molecule has 9 heavy (non-hydrogen) atoms. The fourth-order valence-corrected chi connectivity index (χ4v) is 2.18.